The van der Waals surface area contributed by atoms with Gasteiger partial charge >= 0.3 is 12.2 Å². The SMILES string of the molecule is CC12CCCN1C/C(=C\F)C2.COc1nc2c(c(N3CCCn4nc(C(=O)N(C)C)c(C)c4C3)n1)COC(c1cc(N)cc(C)c1C(F)(F)F)C2. The zero-order valence-corrected chi connectivity index (χ0v) is 30.0. The van der Waals surface area contributed by atoms with Crippen LogP contribution in [-0.2, 0) is 37.0 Å². The molecule has 15 heteroatoms. The summed E-state index contributed by atoms with van der Waals surface area (Å²) in [6.07, 6.45) is -0.352. The number of aryl methyl sites for hydroxylation is 2. The largest absolute Gasteiger partial charge is 0.467 e. The van der Waals surface area contributed by atoms with Crippen LogP contribution in [0.25, 0.3) is 0 Å². The molecule has 0 saturated carbocycles. The van der Waals surface area contributed by atoms with E-state index in [0.717, 1.165) is 49.1 Å². The number of ether oxygens (including phenoxy) is 2. The van der Waals surface area contributed by atoms with Gasteiger partial charge in [0.25, 0.3) is 5.91 Å². The van der Waals surface area contributed by atoms with Crippen molar-refractivity contribution in [2.45, 2.75) is 90.4 Å². The smallest absolute Gasteiger partial charge is 0.417 e. The van der Waals surface area contributed by atoms with Gasteiger partial charge in [-0.15, -0.1) is 0 Å². The minimum atomic E-state index is -4.56. The highest BCUT2D eigenvalue weighted by atomic mass is 19.4. The maximum absolute atomic E-state index is 14.0. The summed E-state index contributed by atoms with van der Waals surface area (Å²) in [4.78, 5) is 27.8. The van der Waals surface area contributed by atoms with Crippen LogP contribution in [0.5, 0.6) is 6.01 Å². The number of halogens is 4. The first kappa shape index (κ1) is 36.5. The van der Waals surface area contributed by atoms with Crippen molar-refractivity contribution in [1.82, 2.24) is 29.5 Å². The van der Waals surface area contributed by atoms with Crippen LogP contribution in [0.2, 0.25) is 0 Å². The number of nitrogens with zero attached hydrogens (tertiary/aromatic N) is 7. The summed E-state index contributed by atoms with van der Waals surface area (Å²) in [6.45, 7) is 9.28. The first-order chi connectivity index (χ1) is 24.1. The molecule has 11 nitrogen and oxygen atoms in total. The first-order valence-electron chi connectivity index (χ1n) is 17.2. The van der Waals surface area contributed by atoms with Gasteiger partial charge in [-0.05, 0) is 81.8 Å². The van der Waals surface area contributed by atoms with Gasteiger partial charge in [-0.25, -0.2) is 4.39 Å². The minimum Gasteiger partial charge on any atom is -0.467 e. The van der Waals surface area contributed by atoms with E-state index in [4.69, 9.17) is 15.2 Å². The Morgan fingerprint density at radius 2 is 1.90 bits per heavy atom. The molecule has 0 spiro atoms. The Morgan fingerprint density at radius 3 is 2.57 bits per heavy atom. The van der Waals surface area contributed by atoms with Crippen LogP contribution >= 0.6 is 0 Å². The zero-order valence-electron chi connectivity index (χ0n) is 30.0. The van der Waals surface area contributed by atoms with Crippen LogP contribution in [0.1, 0.15) is 88.4 Å². The third kappa shape index (κ3) is 7.14. The number of rotatable bonds is 4. The highest BCUT2D eigenvalue weighted by Crippen LogP contribution is 2.43. The number of nitrogen functional groups attached to an aromatic ring is 1. The van der Waals surface area contributed by atoms with Gasteiger partial charge in [-0.2, -0.15) is 28.2 Å². The third-order valence-electron chi connectivity index (χ3n) is 10.5. The van der Waals surface area contributed by atoms with Crippen molar-refractivity contribution >= 4 is 17.4 Å². The molecule has 0 bridgehead atoms. The summed E-state index contributed by atoms with van der Waals surface area (Å²) in [6, 6.07) is 2.76. The van der Waals surface area contributed by atoms with Gasteiger partial charge in [0.2, 0.25) is 0 Å². The third-order valence-corrected chi connectivity index (χ3v) is 10.5. The molecule has 2 aromatic heterocycles. The van der Waals surface area contributed by atoms with Crippen LogP contribution in [0.4, 0.5) is 29.1 Å². The number of anilines is 2. The summed E-state index contributed by atoms with van der Waals surface area (Å²) in [5.74, 6) is 0.426. The zero-order chi connectivity index (χ0) is 36.8. The molecule has 4 aliphatic heterocycles. The van der Waals surface area contributed by atoms with Crippen molar-refractivity contribution in [3.05, 3.63) is 68.9 Å². The molecule has 2 fully saturated rings. The van der Waals surface area contributed by atoms with E-state index in [2.05, 4.69) is 31.8 Å². The number of aromatic nitrogens is 4. The molecule has 1 aromatic carbocycles. The maximum atomic E-state index is 14.0. The fourth-order valence-electron chi connectivity index (χ4n) is 7.92. The predicted molar refractivity (Wildman–Crippen MR) is 184 cm³/mol. The molecule has 0 radical (unpaired) electrons. The molecular weight excluding hydrogens is 668 g/mol. The quantitative estimate of drug-likeness (QED) is 0.260. The van der Waals surface area contributed by atoms with E-state index in [1.807, 2.05) is 11.6 Å². The molecule has 2 atom stereocenters. The van der Waals surface area contributed by atoms with E-state index in [1.165, 1.54) is 43.9 Å². The van der Waals surface area contributed by atoms with Crippen LogP contribution in [-0.4, -0.2) is 81.8 Å². The second-order valence-electron chi connectivity index (χ2n) is 14.3. The topological polar surface area (TPSA) is 115 Å². The average Bonchev–Trinajstić information content (AvgIpc) is 3.64. The van der Waals surface area contributed by atoms with Crippen molar-refractivity contribution in [2.24, 2.45) is 0 Å². The molecule has 3 aromatic rings. The number of amides is 1. The Labute approximate surface area is 295 Å². The van der Waals surface area contributed by atoms with Gasteiger partial charge in [0.05, 0.1) is 49.6 Å². The number of hydrogen-bond acceptors (Lipinski definition) is 9. The first-order valence-corrected chi connectivity index (χ1v) is 17.2. The normalized spacial score (nSPS) is 22.5. The molecule has 2 N–H and O–H groups in total. The lowest BCUT2D eigenvalue weighted by Crippen LogP contribution is -2.34. The minimum absolute atomic E-state index is 0.0119. The maximum Gasteiger partial charge on any atom is 0.417 e. The summed E-state index contributed by atoms with van der Waals surface area (Å²) in [7, 11) is 4.83. The number of alkyl halides is 3. The fourth-order valence-corrected chi connectivity index (χ4v) is 7.92. The Hall–Kier alpha value is -4.24. The van der Waals surface area contributed by atoms with Crippen LogP contribution in [0, 0.1) is 13.8 Å². The van der Waals surface area contributed by atoms with Crippen molar-refractivity contribution in [3.8, 4) is 6.01 Å². The van der Waals surface area contributed by atoms with Gasteiger partial charge < -0.3 is 25.0 Å². The molecular formula is C36H46F4N8O3. The number of hydrogen-bond donors (Lipinski definition) is 1. The molecule has 51 heavy (non-hydrogen) atoms. The van der Waals surface area contributed by atoms with Gasteiger partial charge in [-0.1, -0.05) is 0 Å². The van der Waals surface area contributed by atoms with E-state index in [0.29, 0.717) is 47.9 Å². The summed E-state index contributed by atoms with van der Waals surface area (Å²) < 4.78 is 67.6. The number of fused-ring (bicyclic) bond motifs is 3. The van der Waals surface area contributed by atoms with E-state index < -0.39 is 17.8 Å². The number of carbonyl (C=O) groups excluding carboxylic acids is 1. The summed E-state index contributed by atoms with van der Waals surface area (Å²) in [5.41, 5.74) is 10.1. The average molecular weight is 715 g/mol. The molecule has 0 aliphatic carbocycles. The standard InChI is InChI=1S/C27H32F3N7O3.C9H14FN/c1-14-9-16(31)10-17(22(14)27(28,29)30)21-11-19-18(13-40-21)24(33-26(32-19)39-5)36-7-6-8-37-20(12-36)15(2)23(34-37)25(38)35(3)4;1-9-3-2-4-11(9)7-8(5-9)6-10/h9-10,21H,6-8,11-13,31H2,1-5H3;6H,2-5,7H2,1H3/b;8-6-. The Morgan fingerprint density at radius 1 is 1.14 bits per heavy atom. The monoisotopic (exact) mass is 714 g/mol. The molecule has 6 heterocycles. The number of carbonyl (C=O) groups is 1. The van der Waals surface area contributed by atoms with Crippen LogP contribution in [0.15, 0.2) is 24.0 Å². The predicted octanol–water partition coefficient (Wildman–Crippen LogP) is 5.92. The second-order valence-corrected chi connectivity index (χ2v) is 14.3. The van der Waals surface area contributed by atoms with Gasteiger partial charge in [0, 0.05) is 62.5 Å². The Balaban J connectivity index is 0.000000344. The van der Waals surface area contributed by atoms with E-state index in [1.54, 1.807) is 14.1 Å². The number of methoxy groups -OCH3 is 1. The number of nitrogens with two attached hydrogens (primary N) is 1. The van der Waals surface area contributed by atoms with Crippen LogP contribution in [0.3, 0.4) is 0 Å². The Kier molecular flexibility index (Phi) is 10.1. The van der Waals surface area contributed by atoms with Gasteiger partial charge in [0.1, 0.15) is 5.82 Å². The van der Waals surface area contributed by atoms with Crippen molar-refractivity contribution in [3.63, 3.8) is 0 Å². The lowest BCUT2D eigenvalue weighted by molar-refractivity contribution is -0.140. The van der Waals surface area contributed by atoms with Crippen molar-refractivity contribution < 1.29 is 31.8 Å². The Bertz CT molecular complexity index is 1840. The highest BCUT2D eigenvalue weighted by Gasteiger charge is 2.42. The second kappa shape index (κ2) is 14.1. The molecule has 2 saturated heterocycles. The number of benzene rings is 1. The van der Waals surface area contributed by atoms with Crippen LogP contribution < -0.4 is 15.4 Å². The highest BCUT2D eigenvalue weighted by molar-refractivity contribution is 5.93. The van der Waals surface area contributed by atoms with Gasteiger partial charge in [-0.3, -0.25) is 14.4 Å². The summed E-state index contributed by atoms with van der Waals surface area (Å²) >= 11 is 0. The van der Waals surface area contributed by atoms with E-state index >= 15 is 0 Å². The molecule has 4 aliphatic rings. The molecule has 2 unspecified atom stereocenters. The van der Waals surface area contributed by atoms with E-state index in [9.17, 15) is 22.4 Å². The molecule has 7 rings (SSSR count). The van der Waals surface area contributed by atoms with Crippen molar-refractivity contribution in [2.75, 3.05) is 51.5 Å². The lowest BCUT2D eigenvalue weighted by atomic mass is 9.92. The molecule has 1 amide bonds. The van der Waals surface area contributed by atoms with E-state index in [-0.39, 0.29) is 41.8 Å². The molecule has 276 valence electrons. The van der Waals surface area contributed by atoms with Gasteiger partial charge in [0.15, 0.2) is 5.69 Å². The summed E-state index contributed by atoms with van der Waals surface area (Å²) in [5, 5.41) is 4.58. The fraction of sp³-hybridized carbons (Fsp3) is 0.556. The lowest BCUT2D eigenvalue weighted by Gasteiger charge is -2.31. The van der Waals surface area contributed by atoms with Crippen molar-refractivity contribution in [1.29, 1.82) is 0 Å².